The van der Waals surface area contributed by atoms with Crippen LogP contribution in [0.1, 0.15) is 18.1 Å². The van der Waals surface area contributed by atoms with E-state index in [2.05, 4.69) is 17.8 Å². The predicted molar refractivity (Wildman–Crippen MR) is 107 cm³/mol. The van der Waals surface area contributed by atoms with Crippen molar-refractivity contribution in [1.82, 2.24) is 10.2 Å². The number of thiocarbonyl (C=S) groups is 1. The molecule has 27 heavy (non-hydrogen) atoms. The zero-order chi connectivity index (χ0) is 20.0. The molecule has 2 rings (SSSR count). The van der Waals surface area contributed by atoms with E-state index in [1.54, 1.807) is 18.2 Å². The van der Waals surface area contributed by atoms with E-state index in [9.17, 15) is 9.59 Å². The number of nitrogens with one attached hydrogen (secondary N) is 1. The largest absolute Gasteiger partial charge is 0.490 e. The minimum absolute atomic E-state index is 0.0182. The maximum atomic E-state index is 12.4. The van der Waals surface area contributed by atoms with Gasteiger partial charge in [-0.05, 0) is 49.3 Å². The van der Waals surface area contributed by atoms with Gasteiger partial charge in [-0.3, -0.25) is 19.8 Å². The first-order valence-electron chi connectivity index (χ1n) is 8.24. The van der Waals surface area contributed by atoms with Crippen LogP contribution in [0.5, 0.6) is 11.5 Å². The molecular formula is C20H20N2O4S. The number of carbonyl (C=O) groups is 2. The summed E-state index contributed by atoms with van der Waals surface area (Å²) in [6.07, 6.45) is 9.01. The number of rotatable bonds is 7. The summed E-state index contributed by atoms with van der Waals surface area (Å²) in [6, 6.07) is 3.50. The average molecular weight is 384 g/mol. The van der Waals surface area contributed by atoms with Gasteiger partial charge in [-0.2, -0.15) is 0 Å². The fraction of sp³-hybridized carbons (Fsp3) is 0.250. The molecule has 0 aliphatic carbocycles. The van der Waals surface area contributed by atoms with Crippen LogP contribution in [-0.2, 0) is 16.0 Å². The van der Waals surface area contributed by atoms with E-state index < -0.39 is 11.8 Å². The smallest absolute Gasteiger partial charge is 0.265 e. The first-order valence-corrected chi connectivity index (χ1v) is 8.65. The second kappa shape index (κ2) is 9.01. The monoisotopic (exact) mass is 384 g/mol. The lowest BCUT2D eigenvalue weighted by Crippen LogP contribution is -2.52. The number of nitrogens with zero attached hydrogens (tertiary/aromatic N) is 1. The summed E-state index contributed by atoms with van der Waals surface area (Å²) in [5.41, 5.74) is 1.38. The Morgan fingerprint density at radius 3 is 2.74 bits per heavy atom. The number of likely N-dealkylation sites (N-methyl/N-ethyl adjacent to an activating group) is 1. The van der Waals surface area contributed by atoms with E-state index in [1.807, 2.05) is 6.92 Å². The van der Waals surface area contributed by atoms with Crippen LogP contribution in [0, 0.1) is 12.3 Å². The lowest BCUT2D eigenvalue weighted by molar-refractivity contribution is -0.128. The molecule has 1 heterocycles. The lowest BCUT2D eigenvalue weighted by atomic mass is 10.0. The van der Waals surface area contributed by atoms with Crippen molar-refractivity contribution in [2.24, 2.45) is 0 Å². The standard InChI is InChI=1S/C20H20N2O4S/c1-5-8-14-10-13(12-16(25-7-3)17(14)26-9-6-2)11-15-18(23)21-20(27)22(4)19(15)24/h2,5,10-12H,1,7-9H2,3-4H3,(H,21,23,27)/b15-11+. The second-order valence-electron chi connectivity index (χ2n) is 5.61. The first-order chi connectivity index (χ1) is 12.9. The van der Waals surface area contributed by atoms with Crippen LogP contribution in [0.2, 0.25) is 0 Å². The van der Waals surface area contributed by atoms with E-state index in [-0.39, 0.29) is 17.3 Å². The van der Waals surface area contributed by atoms with Crippen LogP contribution < -0.4 is 14.8 Å². The molecule has 2 amide bonds. The van der Waals surface area contributed by atoms with E-state index in [1.165, 1.54) is 18.0 Å². The van der Waals surface area contributed by atoms with Crippen molar-refractivity contribution in [3.8, 4) is 23.8 Å². The van der Waals surface area contributed by atoms with Gasteiger partial charge in [0.05, 0.1) is 6.61 Å². The zero-order valence-electron chi connectivity index (χ0n) is 15.2. The number of benzene rings is 1. The Hall–Kier alpha value is -3.11. The van der Waals surface area contributed by atoms with E-state index >= 15 is 0 Å². The molecule has 1 N–H and O–H groups in total. The minimum Gasteiger partial charge on any atom is -0.490 e. The number of carbonyl (C=O) groups excluding carboxylic acids is 2. The van der Waals surface area contributed by atoms with Crippen LogP contribution in [-0.4, -0.2) is 42.1 Å². The van der Waals surface area contributed by atoms with Gasteiger partial charge in [0.2, 0.25) is 0 Å². The third-order valence-corrected chi connectivity index (χ3v) is 4.11. The Labute approximate surface area is 163 Å². The molecule has 0 unspecified atom stereocenters. The highest BCUT2D eigenvalue weighted by Gasteiger charge is 2.30. The van der Waals surface area contributed by atoms with E-state index in [0.29, 0.717) is 30.1 Å². The van der Waals surface area contributed by atoms with Crippen molar-refractivity contribution in [2.45, 2.75) is 13.3 Å². The molecule has 1 saturated heterocycles. The highest BCUT2D eigenvalue weighted by molar-refractivity contribution is 7.80. The quantitative estimate of drug-likeness (QED) is 0.256. The summed E-state index contributed by atoms with van der Waals surface area (Å²) in [5.74, 6) is 2.41. The van der Waals surface area contributed by atoms with Gasteiger partial charge in [0, 0.05) is 12.6 Å². The molecule has 6 nitrogen and oxygen atoms in total. The SMILES string of the molecule is C#CCOc1c(CC=C)cc(/C=C2\C(=O)NC(=S)N(C)C2=O)cc1OCC. The Balaban J connectivity index is 2.54. The van der Waals surface area contributed by atoms with Crippen LogP contribution in [0.25, 0.3) is 6.08 Å². The van der Waals surface area contributed by atoms with Gasteiger partial charge in [-0.15, -0.1) is 13.0 Å². The number of hydrogen-bond donors (Lipinski definition) is 1. The Bertz CT molecular complexity index is 867. The molecule has 1 fully saturated rings. The van der Waals surface area contributed by atoms with Crippen LogP contribution in [0.3, 0.4) is 0 Å². The summed E-state index contributed by atoms with van der Waals surface area (Å²) in [4.78, 5) is 25.8. The normalized spacial score (nSPS) is 15.4. The van der Waals surface area contributed by atoms with Crippen molar-refractivity contribution >= 4 is 35.2 Å². The molecule has 0 bridgehead atoms. The molecule has 1 aromatic carbocycles. The van der Waals surface area contributed by atoms with Crippen LogP contribution in [0.4, 0.5) is 0 Å². The fourth-order valence-corrected chi connectivity index (χ4v) is 2.70. The van der Waals surface area contributed by atoms with Crippen molar-refractivity contribution in [2.75, 3.05) is 20.3 Å². The van der Waals surface area contributed by atoms with Gasteiger partial charge in [0.1, 0.15) is 12.2 Å². The molecule has 0 spiro atoms. The first kappa shape index (κ1) is 20.2. The molecule has 0 aromatic heterocycles. The van der Waals surface area contributed by atoms with E-state index in [0.717, 1.165) is 5.56 Å². The molecule has 0 saturated carbocycles. The number of terminal acetylenes is 1. The molecule has 0 atom stereocenters. The summed E-state index contributed by atoms with van der Waals surface area (Å²) < 4.78 is 11.3. The Kier molecular flexibility index (Phi) is 6.74. The van der Waals surface area contributed by atoms with Crippen molar-refractivity contribution in [3.05, 3.63) is 41.5 Å². The molecule has 1 aromatic rings. The molecule has 0 radical (unpaired) electrons. The second-order valence-corrected chi connectivity index (χ2v) is 5.99. The predicted octanol–water partition coefficient (Wildman–Crippen LogP) is 2.08. The zero-order valence-corrected chi connectivity index (χ0v) is 16.0. The third kappa shape index (κ3) is 4.54. The van der Waals surface area contributed by atoms with Gasteiger partial charge >= 0.3 is 0 Å². The van der Waals surface area contributed by atoms with Gasteiger partial charge in [0.25, 0.3) is 11.8 Å². The number of ether oxygens (including phenoxy) is 2. The van der Waals surface area contributed by atoms with Crippen molar-refractivity contribution < 1.29 is 19.1 Å². The minimum atomic E-state index is -0.543. The number of amides is 2. The van der Waals surface area contributed by atoms with Gasteiger partial charge in [-0.25, -0.2) is 0 Å². The van der Waals surface area contributed by atoms with Gasteiger partial charge in [0.15, 0.2) is 16.6 Å². The Morgan fingerprint density at radius 1 is 1.37 bits per heavy atom. The van der Waals surface area contributed by atoms with Crippen LogP contribution in [0.15, 0.2) is 30.4 Å². The molecule has 140 valence electrons. The van der Waals surface area contributed by atoms with Crippen molar-refractivity contribution in [1.29, 1.82) is 0 Å². The third-order valence-electron chi connectivity index (χ3n) is 3.73. The summed E-state index contributed by atoms with van der Waals surface area (Å²) in [7, 11) is 1.50. The van der Waals surface area contributed by atoms with Gasteiger partial charge in [-0.1, -0.05) is 12.0 Å². The maximum Gasteiger partial charge on any atom is 0.265 e. The molecule has 7 heteroatoms. The maximum absolute atomic E-state index is 12.4. The topological polar surface area (TPSA) is 67.9 Å². The van der Waals surface area contributed by atoms with Gasteiger partial charge < -0.3 is 9.47 Å². The highest BCUT2D eigenvalue weighted by atomic mass is 32.1. The highest BCUT2D eigenvalue weighted by Crippen LogP contribution is 2.35. The fourth-order valence-electron chi connectivity index (χ4n) is 2.53. The molecule has 1 aliphatic heterocycles. The van der Waals surface area contributed by atoms with Crippen molar-refractivity contribution in [3.63, 3.8) is 0 Å². The van der Waals surface area contributed by atoms with Crippen LogP contribution >= 0.6 is 12.2 Å². The summed E-state index contributed by atoms with van der Waals surface area (Å²) in [6.45, 7) is 6.10. The lowest BCUT2D eigenvalue weighted by Gasteiger charge is -2.25. The average Bonchev–Trinajstić information content (AvgIpc) is 2.63. The summed E-state index contributed by atoms with van der Waals surface area (Å²) >= 11 is 4.95. The molecule has 1 aliphatic rings. The number of allylic oxidation sites excluding steroid dienone is 1. The summed E-state index contributed by atoms with van der Waals surface area (Å²) in [5, 5.41) is 2.56. The Morgan fingerprint density at radius 2 is 2.11 bits per heavy atom. The van der Waals surface area contributed by atoms with E-state index in [4.69, 9.17) is 28.1 Å². The molecular weight excluding hydrogens is 364 g/mol. The number of hydrogen-bond acceptors (Lipinski definition) is 5.